The van der Waals surface area contributed by atoms with Crippen LogP contribution in [0.1, 0.15) is 59.8 Å². The van der Waals surface area contributed by atoms with Crippen molar-refractivity contribution in [3.63, 3.8) is 0 Å². The molecular weight excluding hydrogens is 184 g/mol. The van der Waals surface area contributed by atoms with Crippen LogP contribution in [0.5, 0.6) is 0 Å². The van der Waals surface area contributed by atoms with Crippen molar-refractivity contribution < 1.29 is 4.79 Å². The molecule has 0 aromatic carbocycles. The smallest absolute Gasteiger partial charge is 0.158 e. The molecule has 0 amide bonds. The van der Waals surface area contributed by atoms with Crippen molar-refractivity contribution in [2.75, 3.05) is 0 Å². The Kier molecular flexibility index (Phi) is 4.12. The fraction of sp³-hybridized carbons (Fsp3) is 0.786. The van der Waals surface area contributed by atoms with E-state index in [9.17, 15) is 4.79 Å². The molecule has 0 spiro atoms. The van der Waals surface area contributed by atoms with Gasteiger partial charge in [-0.05, 0) is 42.6 Å². The second-order valence-electron chi connectivity index (χ2n) is 6.12. The predicted octanol–water partition coefficient (Wildman–Crippen LogP) is 4.13. The molecule has 0 fully saturated rings. The number of hydrogen-bond donors (Lipinski definition) is 0. The van der Waals surface area contributed by atoms with Crippen LogP contribution in [-0.2, 0) is 4.79 Å². The lowest BCUT2D eigenvalue weighted by atomic mass is 9.83. The van der Waals surface area contributed by atoms with Gasteiger partial charge in [-0.3, -0.25) is 4.79 Å². The van der Waals surface area contributed by atoms with Gasteiger partial charge in [0.2, 0.25) is 0 Å². The first kappa shape index (κ1) is 12.5. The Morgan fingerprint density at radius 1 is 1.47 bits per heavy atom. The van der Waals surface area contributed by atoms with Crippen molar-refractivity contribution in [2.24, 2.45) is 11.3 Å². The zero-order valence-corrected chi connectivity index (χ0v) is 10.6. The van der Waals surface area contributed by atoms with E-state index in [1.807, 2.05) is 0 Å². The molecule has 1 rings (SSSR count). The van der Waals surface area contributed by atoms with Crippen LogP contribution in [0.2, 0.25) is 0 Å². The first-order valence-electron chi connectivity index (χ1n) is 6.11. The summed E-state index contributed by atoms with van der Waals surface area (Å²) in [4.78, 5) is 11.9. The van der Waals surface area contributed by atoms with Crippen LogP contribution in [0, 0.1) is 11.3 Å². The number of hydrogen-bond acceptors (Lipinski definition) is 1. The van der Waals surface area contributed by atoms with Gasteiger partial charge in [0.15, 0.2) is 5.78 Å². The summed E-state index contributed by atoms with van der Waals surface area (Å²) in [6.45, 7) is 8.91. The van der Waals surface area contributed by atoms with Gasteiger partial charge in [0.05, 0.1) is 0 Å². The second-order valence-corrected chi connectivity index (χ2v) is 6.12. The maximum Gasteiger partial charge on any atom is 0.158 e. The molecule has 1 aliphatic carbocycles. The summed E-state index contributed by atoms with van der Waals surface area (Å²) in [5.74, 6) is 0.906. The summed E-state index contributed by atoms with van der Waals surface area (Å²) in [6, 6.07) is 0. The maximum absolute atomic E-state index is 11.9. The highest BCUT2D eigenvalue weighted by Crippen LogP contribution is 2.28. The summed E-state index contributed by atoms with van der Waals surface area (Å²) >= 11 is 0. The molecule has 0 radical (unpaired) electrons. The van der Waals surface area contributed by atoms with E-state index in [-0.39, 0.29) is 0 Å². The zero-order chi connectivity index (χ0) is 11.5. The molecule has 0 bridgehead atoms. The lowest BCUT2D eigenvalue weighted by Gasteiger charge is -2.22. The van der Waals surface area contributed by atoms with Crippen molar-refractivity contribution in [3.05, 3.63) is 11.6 Å². The molecule has 0 aliphatic heterocycles. The Morgan fingerprint density at radius 2 is 2.13 bits per heavy atom. The Morgan fingerprint density at radius 3 is 2.60 bits per heavy atom. The molecule has 0 N–H and O–H groups in total. The molecule has 1 atom stereocenters. The van der Waals surface area contributed by atoms with Gasteiger partial charge in [-0.15, -0.1) is 0 Å². The number of carbonyl (C=O) groups is 1. The Hall–Kier alpha value is -0.590. The van der Waals surface area contributed by atoms with Crippen LogP contribution in [0.3, 0.4) is 0 Å². The molecule has 1 nitrogen and oxygen atoms in total. The van der Waals surface area contributed by atoms with Crippen LogP contribution in [0.25, 0.3) is 0 Å². The van der Waals surface area contributed by atoms with Crippen LogP contribution >= 0.6 is 0 Å². The lowest BCUT2D eigenvalue weighted by Crippen LogP contribution is -2.14. The quantitative estimate of drug-likeness (QED) is 0.679. The number of Topliss-reactive ketones (excluding diaryl/α,β-unsaturated/α-hetero) is 1. The van der Waals surface area contributed by atoms with Gasteiger partial charge >= 0.3 is 0 Å². The molecule has 0 aromatic heterocycles. The molecule has 1 heteroatoms. The summed E-state index contributed by atoms with van der Waals surface area (Å²) < 4.78 is 0. The largest absolute Gasteiger partial charge is 0.295 e. The molecule has 0 heterocycles. The Labute approximate surface area is 93.9 Å². The predicted molar refractivity (Wildman–Crippen MR) is 64.8 cm³/mol. The van der Waals surface area contributed by atoms with Gasteiger partial charge in [-0.2, -0.15) is 0 Å². The third kappa shape index (κ3) is 4.63. The molecule has 1 unspecified atom stereocenters. The Balaban J connectivity index is 2.37. The van der Waals surface area contributed by atoms with E-state index in [2.05, 4.69) is 33.8 Å². The van der Waals surface area contributed by atoms with Crippen molar-refractivity contribution >= 4 is 5.78 Å². The van der Waals surface area contributed by atoms with E-state index in [1.54, 1.807) is 0 Å². The first-order chi connectivity index (χ1) is 6.88. The van der Waals surface area contributed by atoms with Crippen molar-refractivity contribution in [1.29, 1.82) is 0 Å². The van der Waals surface area contributed by atoms with E-state index in [0.717, 1.165) is 31.3 Å². The third-order valence-electron chi connectivity index (χ3n) is 2.89. The molecule has 0 saturated carbocycles. The van der Waals surface area contributed by atoms with Gasteiger partial charge in [-0.25, -0.2) is 0 Å². The first-order valence-corrected chi connectivity index (χ1v) is 6.11. The van der Waals surface area contributed by atoms with Crippen molar-refractivity contribution in [1.82, 2.24) is 0 Å². The van der Waals surface area contributed by atoms with Gasteiger partial charge in [0.25, 0.3) is 0 Å². The number of rotatable bonds is 4. The van der Waals surface area contributed by atoms with E-state index in [4.69, 9.17) is 0 Å². The van der Waals surface area contributed by atoms with Crippen molar-refractivity contribution in [3.8, 4) is 0 Å². The normalized spacial score (nSPS) is 18.8. The van der Waals surface area contributed by atoms with Crippen LogP contribution in [0.4, 0.5) is 0 Å². The third-order valence-corrected chi connectivity index (χ3v) is 2.89. The zero-order valence-electron chi connectivity index (χ0n) is 10.6. The number of allylic oxidation sites excluding steroid dienone is 2. The van der Waals surface area contributed by atoms with E-state index in [0.29, 0.717) is 17.1 Å². The van der Waals surface area contributed by atoms with Crippen molar-refractivity contribution in [2.45, 2.75) is 59.8 Å². The lowest BCUT2D eigenvalue weighted by molar-refractivity contribution is -0.116. The second kappa shape index (κ2) is 4.96. The molecule has 1 aliphatic rings. The summed E-state index contributed by atoms with van der Waals surface area (Å²) in [5.41, 5.74) is 1.43. The minimum Gasteiger partial charge on any atom is -0.295 e. The fourth-order valence-corrected chi connectivity index (χ4v) is 2.49. The van der Waals surface area contributed by atoms with Crippen LogP contribution < -0.4 is 0 Å². The van der Waals surface area contributed by atoms with E-state index in [1.165, 1.54) is 6.42 Å². The minimum absolute atomic E-state index is 0.337. The van der Waals surface area contributed by atoms with Gasteiger partial charge < -0.3 is 0 Å². The highest BCUT2D eigenvalue weighted by Gasteiger charge is 2.20. The molecular formula is C14H24O. The molecule has 0 aromatic rings. The minimum atomic E-state index is 0.337. The van der Waals surface area contributed by atoms with Gasteiger partial charge in [0.1, 0.15) is 0 Å². The summed E-state index contributed by atoms with van der Waals surface area (Å²) in [5, 5.41) is 0. The molecule has 15 heavy (non-hydrogen) atoms. The number of carbonyl (C=O) groups excluding carboxylic acids is 1. The average Bonchev–Trinajstić information content (AvgIpc) is 2.50. The summed E-state index contributed by atoms with van der Waals surface area (Å²) in [7, 11) is 0. The fourth-order valence-electron chi connectivity index (χ4n) is 2.49. The van der Waals surface area contributed by atoms with E-state index >= 15 is 0 Å². The van der Waals surface area contributed by atoms with Gasteiger partial charge in [-0.1, -0.05) is 33.8 Å². The average molecular weight is 208 g/mol. The van der Waals surface area contributed by atoms with Crippen LogP contribution in [-0.4, -0.2) is 5.78 Å². The summed E-state index contributed by atoms with van der Waals surface area (Å²) in [6.07, 6.45) is 7.30. The number of ketones is 1. The SMILES string of the molecule is CC(CC(=O)C1=CCCC1)CC(C)(C)C. The highest BCUT2D eigenvalue weighted by molar-refractivity contribution is 5.95. The maximum atomic E-state index is 11.9. The molecule has 86 valence electrons. The monoisotopic (exact) mass is 208 g/mol. The standard InChI is InChI=1S/C14H24O/c1-11(10-14(2,3)4)9-13(15)12-7-5-6-8-12/h7,11H,5-6,8-10H2,1-4H3. The Bertz CT molecular complexity index is 255. The van der Waals surface area contributed by atoms with E-state index < -0.39 is 0 Å². The van der Waals surface area contributed by atoms with Gasteiger partial charge in [0, 0.05) is 6.42 Å². The van der Waals surface area contributed by atoms with Crippen LogP contribution in [0.15, 0.2) is 11.6 Å². The topological polar surface area (TPSA) is 17.1 Å². The molecule has 0 saturated heterocycles. The highest BCUT2D eigenvalue weighted by atomic mass is 16.1.